The van der Waals surface area contributed by atoms with Crippen LogP contribution in [0.3, 0.4) is 0 Å². The summed E-state index contributed by atoms with van der Waals surface area (Å²) in [5.41, 5.74) is 5.21. The number of halogens is 2. The van der Waals surface area contributed by atoms with Gasteiger partial charge < -0.3 is 4.74 Å². The van der Waals surface area contributed by atoms with Gasteiger partial charge in [-0.1, -0.05) is 53.6 Å². The lowest BCUT2D eigenvalue weighted by molar-refractivity contribution is -0.0190. The average molecular weight is 393 g/mol. The lowest BCUT2D eigenvalue weighted by Gasteiger charge is -2.38. The second-order valence-electron chi connectivity index (χ2n) is 7.22. The zero-order valence-corrected chi connectivity index (χ0v) is 16.0. The first kappa shape index (κ1) is 17.3. The van der Waals surface area contributed by atoms with E-state index in [1.165, 1.54) is 17.7 Å². The van der Waals surface area contributed by atoms with Crippen molar-refractivity contribution >= 4 is 17.3 Å². The molecule has 2 aliphatic heterocycles. The third-order valence-electron chi connectivity index (χ3n) is 5.29. The van der Waals surface area contributed by atoms with Crippen molar-refractivity contribution in [3.05, 3.63) is 99.8 Å². The Morgan fingerprint density at radius 3 is 2.54 bits per heavy atom. The molecule has 5 heteroatoms. The molecule has 0 N–H and O–H groups in total. The minimum absolute atomic E-state index is 0.0220. The van der Waals surface area contributed by atoms with Crippen LogP contribution in [0.5, 0.6) is 5.75 Å². The Balaban J connectivity index is 1.59. The second kappa shape index (κ2) is 6.64. The molecule has 0 spiro atoms. The highest BCUT2D eigenvalue weighted by Crippen LogP contribution is 2.48. The third-order valence-corrected chi connectivity index (χ3v) is 5.53. The number of ether oxygens (including phenoxy) is 1. The Hall–Kier alpha value is -2.85. The predicted molar refractivity (Wildman–Crippen MR) is 108 cm³/mol. The summed E-state index contributed by atoms with van der Waals surface area (Å²) in [5.74, 6) is 0.522. The van der Waals surface area contributed by atoms with Gasteiger partial charge in [0.1, 0.15) is 11.6 Å². The number of hydrazone groups is 1. The van der Waals surface area contributed by atoms with E-state index in [-0.39, 0.29) is 11.9 Å². The molecule has 3 aromatic carbocycles. The van der Waals surface area contributed by atoms with Gasteiger partial charge in [0.05, 0.1) is 11.8 Å². The number of fused-ring (bicyclic) bond motifs is 3. The summed E-state index contributed by atoms with van der Waals surface area (Å²) in [7, 11) is 0. The van der Waals surface area contributed by atoms with Crippen LogP contribution in [-0.4, -0.2) is 10.7 Å². The van der Waals surface area contributed by atoms with E-state index in [4.69, 9.17) is 21.4 Å². The summed E-state index contributed by atoms with van der Waals surface area (Å²) in [4.78, 5) is 0. The van der Waals surface area contributed by atoms with Crippen molar-refractivity contribution in [1.29, 1.82) is 0 Å². The van der Waals surface area contributed by atoms with E-state index in [1.807, 2.05) is 23.2 Å². The van der Waals surface area contributed by atoms with Crippen LogP contribution >= 0.6 is 11.6 Å². The zero-order valence-electron chi connectivity index (χ0n) is 15.3. The van der Waals surface area contributed by atoms with Gasteiger partial charge >= 0.3 is 0 Å². The van der Waals surface area contributed by atoms with Crippen molar-refractivity contribution in [2.24, 2.45) is 5.10 Å². The van der Waals surface area contributed by atoms with Gasteiger partial charge in [0, 0.05) is 22.6 Å². The van der Waals surface area contributed by atoms with Gasteiger partial charge in [0.25, 0.3) is 0 Å². The summed E-state index contributed by atoms with van der Waals surface area (Å²) >= 11 is 6.26. The Kier molecular flexibility index (Phi) is 4.09. The number of nitrogens with zero attached hydrogens (tertiary/aromatic N) is 2. The molecular weight excluding hydrogens is 375 g/mol. The fraction of sp³-hybridized carbons (Fsp3) is 0.174. The Morgan fingerprint density at radius 2 is 1.79 bits per heavy atom. The van der Waals surface area contributed by atoms with Gasteiger partial charge in [0.2, 0.25) is 6.23 Å². The standard InChI is InChI=1S/C23H18ClFN2O/c1-14-2-4-15(5-3-14)20-13-21-19-12-17(24)8-11-22(19)28-23(27(21)26-20)16-6-9-18(25)10-7-16/h2-12,21,23H,13H2,1H3/t21-,23+/m0/s1. The molecule has 0 aromatic heterocycles. The van der Waals surface area contributed by atoms with Crippen molar-refractivity contribution in [3.8, 4) is 5.75 Å². The van der Waals surface area contributed by atoms with Crippen LogP contribution in [0.1, 0.15) is 40.9 Å². The Labute approximate surface area is 168 Å². The van der Waals surface area contributed by atoms with E-state index >= 15 is 0 Å². The van der Waals surface area contributed by atoms with Crippen molar-refractivity contribution in [2.75, 3.05) is 0 Å². The van der Waals surface area contributed by atoms with E-state index in [9.17, 15) is 4.39 Å². The molecule has 3 nitrogen and oxygen atoms in total. The lowest BCUT2D eigenvalue weighted by Crippen LogP contribution is -2.33. The largest absolute Gasteiger partial charge is 0.464 e. The van der Waals surface area contributed by atoms with Gasteiger partial charge in [0.15, 0.2) is 0 Å². The van der Waals surface area contributed by atoms with Gasteiger partial charge in [-0.15, -0.1) is 0 Å². The topological polar surface area (TPSA) is 24.8 Å². The number of hydrogen-bond acceptors (Lipinski definition) is 3. The van der Waals surface area contributed by atoms with Crippen molar-refractivity contribution in [1.82, 2.24) is 5.01 Å². The summed E-state index contributed by atoms with van der Waals surface area (Å²) in [6.07, 6.45) is 0.347. The molecule has 0 fully saturated rings. The molecule has 3 aromatic rings. The minimum atomic E-state index is -0.415. The maximum Gasteiger partial charge on any atom is 0.213 e. The fourth-order valence-corrected chi connectivity index (χ4v) is 4.01. The molecular formula is C23H18ClFN2O. The van der Waals surface area contributed by atoms with Crippen LogP contribution in [0.15, 0.2) is 71.8 Å². The smallest absolute Gasteiger partial charge is 0.213 e. The molecule has 0 amide bonds. The fourth-order valence-electron chi connectivity index (χ4n) is 3.83. The third kappa shape index (κ3) is 2.94. The number of rotatable bonds is 2. The van der Waals surface area contributed by atoms with Crippen molar-refractivity contribution < 1.29 is 9.13 Å². The SMILES string of the molecule is Cc1ccc(C2=NN3[C@@H](c4ccc(F)cc4)Oc4ccc(Cl)cc4[C@@H]3C2)cc1. The molecule has 0 aliphatic carbocycles. The highest BCUT2D eigenvalue weighted by Gasteiger charge is 2.41. The molecule has 28 heavy (non-hydrogen) atoms. The van der Waals surface area contributed by atoms with Crippen molar-refractivity contribution in [2.45, 2.75) is 25.6 Å². The van der Waals surface area contributed by atoms with Crippen LogP contribution in [0, 0.1) is 12.7 Å². The predicted octanol–water partition coefficient (Wildman–Crippen LogP) is 6.03. The Bertz CT molecular complexity index is 1060. The Morgan fingerprint density at radius 1 is 1.04 bits per heavy atom. The molecule has 2 heterocycles. The molecule has 0 radical (unpaired) electrons. The summed E-state index contributed by atoms with van der Waals surface area (Å²) in [6.45, 7) is 2.07. The highest BCUT2D eigenvalue weighted by molar-refractivity contribution is 6.30. The second-order valence-corrected chi connectivity index (χ2v) is 7.65. The van der Waals surface area contributed by atoms with E-state index < -0.39 is 6.23 Å². The van der Waals surface area contributed by atoms with Crippen molar-refractivity contribution in [3.63, 3.8) is 0 Å². The van der Waals surface area contributed by atoms with E-state index in [1.54, 1.807) is 12.1 Å². The summed E-state index contributed by atoms with van der Waals surface area (Å²) < 4.78 is 19.7. The first-order valence-corrected chi connectivity index (χ1v) is 9.61. The zero-order chi connectivity index (χ0) is 19.3. The van der Waals surface area contributed by atoms with Gasteiger partial charge in [-0.3, -0.25) is 0 Å². The van der Waals surface area contributed by atoms with Crippen LogP contribution in [0.4, 0.5) is 4.39 Å². The normalized spacial score (nSPS) is 20.2. The van der Waals surface area contributed by atoms with Crippen LogP contribution < -0.4 is 4.74 Å². The lowest BCUT2D eigenvalue weighted by atomic mass is 9.95. The first-order valence-electron chi connectivity index (χ1n) is 9.23. The van der Waals surface area contributed by atoms with E-state index in [0.717, 1.165) is 34.6 Å². The van der Waals surface area contributed by atoms with E-state index in [0.29, 0.717) is 5.02 Å². The summed E-state index contributed by atoms with van der Waals surface area (Å²) in [5, 5.41) is 7.55. The molecule has 2 atom stereocenters. The van der Waals surface area contributed by atoms with Gasteiger partial charge in [-0.2, -0.15) is 5.10 Å². The molecule has 0 bridgehead atoms. The molecule has 0 saturated carbocycles. The first-order chi connectivity index (χ1) is 13.6. The monoisotopic (exact) mass is 392 g/mol. The number of hydrogen-bond donors (Lipinski definition) is 0. The van der Waals surface area contributed by atoms with E-state index in [2.05, 4.69) is 31.2 Å². The minimum Gasteiger partial charge on any atom is -0.464 e. The van der Waals surface area contributed by atoms with Crippen LogP contribution in [0.25, 0.3) is 0 Å². The molecule has 0 saturated heterocycles. The molecule has 2 aliphatic rings. The molecule has 140 valence electrons. The number of benzene rings is 3. The quantitative estimate of drug-likeness (QED) is 0.532. The molecule has 0 unspecified atom stereocenters. The van der Waals surface area contributed by atoms with Gasteiger partial charge in [-0.25, -0.2) is 9.40 Å². The number of aryl methyl sites for hydroxylation is 1. The highest BCUT2D eigenvalue weighted by atomic mass is 35.5. The maximum absolute atomic E-state index is 13.4. The van der Waals surface area contributed by atoms with Crippen LogP contribution in [0.2, 0.25) is 5.02 Å². The van der Waals surface area contributed by atoms with Gasteiger partial charge in [-0.05, 0) is 42.8 Å². The average Bonchev–Trinajstić information content (AvgIpc) is 3.14. The summed E-state index contributed by atoms with van der Waals surface area (Å²) in [6, 6.07) is 20.5. The van der Waals surface area contributed by atoms with Crippen LogP contribution in [-0.2, 0) is 0 Å². The molecule has 5 rings (SSSR count). The maximum atomic E-state index is 13.4.